The smallest absolute Gasteiger partial charge is 0.242 e. The van der Waals surface area contributed by atoms with E-state index in [0.717, 1.165) is 29.7 Å². The molecule has 0 unspecified atom stereocenters. The van der Waals surface area contributed by atoms with Crippen LogP contribution in [0.5, 0.6) is 11.5 Å². The molecule has 9 heteroatoms. The number of benzene rings is 2. The van der Waals surface area contributed by atoms with Crippen molar-refractivity contribution in [3.63, 3.8) is 0 Å². The number of rotatable bonds is 4. The summed E-state index contributed by atoms with van der Waals surface area (Å²) in [4.78, 5) is 40.4. The Morgan fingerprint density at radius 1 is 1.03 bits per heavy atom. The molecule has 0 saturated heterocycles. The SMILES string of the molecule is CCC[C@@H]1NCCOc2ccccc2CCCNC(=O)[C@@H](Cc2ccc(O)cc2)NC(=O)CN(C)C1=O. The van der Waals surface area contributed by atoms with Crippen LogP contribution in [0.4, 0.5) is 0 Å². The van der Waals surface area contributed by atoms with E-state index in [2.05, 4.69) is 16.0 Å². The van der Waals surface area contributed by atoms with Crippen molar-refractivity contribution in [2.75, 3.05) is 33.3 Å². The average molecular weight is 511 g/mol. The Labute approximate surface area is 218 Å². The van der Waals surface area contributed by atoms with Gasteiger partial charge in [0.25, 0.3) is 0 Å². The van der Waals surface area contributed by atoms with Gasteiger partial charge in [-0.15, -0.1) is 0 Å². The number of likely N-dealkylation sites (N-methyl/N-ethyl adjacent to an activating group) is 1. The highest BCUT2D eigenvalue weighted by molar-refractivity contribution is 5.91. The van der Waals surface area contributed by atoms with Gasteiger partial charge >= 0.3 is 0 Å². The summed E-state index contributed by atoms with van der Waals surface area (Å²) < 4.78 is 5.99. The van der Waals surface area contributed by atoms with Crippen molar-refractivity contribution in [3.05, 3.63) is 59.7 Å². The molecule has 0 fully saturated rings. The van der Waals surface area contributed by atoms with Crippen LogP contribution in [0.3, 0.4) is 0 Å². The lowest BCUT2D eigenvalue weighted by Crippen LogP contribution is -2.53. The van der Waals surface area contributed by atoms with Gasteiger partial charge in [0.05, 0.1) is 12.6 Å². The van der Waals surface area contributed by atoms with Gasteiger partial charge < -0.3 is 30.7 Å². The quantitative estimate of drug-likeness (QED) is 0.498. The molecule has 1 aliphatic heterocycles. The number of hydrogen-bond acceptors (Lipinski definition) is 6. The Morgan fingerprint density at radius 3 is 2.54 bits per heavy atom. The van der Waals surface area contributed by atoms with Gasteiger partial charge in [-0.05, 0) is 48.6 Å². The van der Waals surface area contributed by atoms with Gasteiger partial charge in [-0.3, -0.25) is 14.4 Å². The van der Waals surface area contributed by atoms with Crippen LogP contribution in [0.2, 0.25) is 0 Å². The minimum Gasteiger partial charge on any atom is -0.508 e. The van der Waals surface area contributed by atoms with Gasteiger partial charge in [-0.2, -0.15) is 0 Å². The molecular weight excluding hydrogens is 472 g/mol. The van der Waals surface area contributed by atoms with Crippen LogP contribution < -0.4 is 20.7 Å². The molecule has 1 aliphatic rings. The summed E-state index contributed by atoms with van der Waals surface area (Å²) in [6.07, 6.45) is 3.13. The molecule has 0 aromatic heterocycles. The second-order valence-corrected chi connectivity index (χ2v) is 9.33. The van der Waals surface area contributed by atoms with Crippen LogP contribution in [0.25, 0.3) is 0 Å². The zero-order valence-electron chi connectivity index (χ0n) is 21.7. The highest BCUT2D eigenvalue weighted by Gasteiger charge is 2.25. The van der Waals surface area contributed by atoms with Crippen molar-refractivity contribution in [1.82, 2.24) is 20.9 Å². The molecule has 0 radical (unpaired) electrons. The Kier molecular flexibility index (Phi) is 10.8. The van der Waals surface area contributed by atoms with Crippen LogP contribution in [-0.4, -0.2) is 73.1 Å². The van der Waals surface area contributed by atoms with Crippen molar-refractivity contribution in [2.45, 2.75) is 51.1 Å². The molecule has 2 aromatic rings. The molecular formula is C28H38N4O5. The van der Waals surface area contributed by atoms with Crippen molar-refractivity contribution in [1.29, 1.82) is 0 Å². The van der Waals surface area contributed by atoms with E-state index < -0.39 is 18.0 Å². The molecule has 0 saturated carbocycles. The largest absolute Gasteiger partial charge is 0.508 e. The Morgan fingerprint density at radius 2 is 1.78 bits per heavy atom. The third-order valence-electron chi connectivity index (χ3n) is 6.31. The van der Waals surface area contributed by atoms with Crippen molar-refractivity contribution >= 4 is 17.7 Å². The van der Waals surface area contributed by atoms with Crippen molar-refractivity contribution < 1.29 is 24.2 Å². The third kappa shape index (κ3) is 8.78. The average Bonchev–Trinajstić information content (AvgIpc) is 2.88. The minimum atomic E-state index is -0.820. The number of carbonyl (C=O) groups is 3. The number of para-hydroxylation sites is 1. The van der Waals surface area contributed by atoms with Crippen molar-refractivity contribution in [3.8, 4) is 11.5 Å². The number of nitrogens with zero attached hydrogens (tertiary/aromatic N) is 1. The van der Waals surface area contributed by atoms with Gasteiger partial charge in [0.1, 0.15) is 24.1 Å². The second kappa shape index (κ2) is 14.2. The highest BCUT2D eigenvalue weighted by Crippen LogP contribution is 2.19. The standard InChI is InChI=1S/C28H38N4O5/c1-3-7-23-28(36)32(2)19-26(34)31-24(18-20-11-13-22(33)14-12-20)27(35)30-15-6-9-21-8-4-5-10-25(21)37-17-16-29-23/h4-5,8,10-14,23-24,29,33H,3,6-7,9,15-19H2,1-2H3,(H,30,35)(H,31,34)/t23-,24+/m0/s1. The Bertz CT molecular complexity index is 1040. The topological polar surface area (TPSA) is 120 Å². The van der Waals surface area contributed by atoms with E-state index in [1.54, 1.807) is 31.3 Å². The number of ether oxygens (including phenoxy) is 1. The van der Waals surface area contributed by atoms with E-state index in [1.165, 1.54) is 4.90 Å². The predicted octanol–water partition coefficient (Wildman–Crippen LogP) is 1.78. The second-order valence-electron chi connectivity index (χ2n) is 9.33. The van der Waals surface area contributed by atoms with E-state index in [0.29, 0.717) is 32.5 Å². The highest BCUT2D eigenvalue weighted by atomic mass is 16.5. The van der Waals surface area contributed by atoms with Crippen molar-refractivity contribution in [2.24, 2.45) is 0 Å². The van der Waals surface area contributed by atoms with Crippen LogP contribution in [0.15, 0.2) is 48.5 Å². The molecule has 37 heavy (non-hydrogen) atoms. The predicted molar refractivity (Wildman–Crippen MR) is 141 cm³/mol. The lowest BCUT2D eigenvalue weighted by atomic mass is 10.0. The number of phenols is 1. The number of amides is 3. The molecule has 3 rings (SSSR count). The minimum absolute atomic E-state index is 0.126. The first-order valence-corrected chi connectivity index (χ1v) is 12.9. The molecule has 0 spiro atoms. The monoisotopic (exact) mass is 510 g/mol. The van der Waals surface area contributed by atoms with E-state index in [9.17, 15) is 19.5 Å². The zero-order valence-corrected chi connectivity index (χ0v) is 21.7. The van der Waals surface area contributed by atoms with Gasteiger partial charge in [0.2, 0.25) is 17.7 Å². The van der Waals surface area contributed by atoms with Crippen LogP contribution >= 0.6 is 0 Å². The van der Waals surface area contributed by atoms with Crippen LogP contribution in [-0.2, 0) is 27.2 Å². The van der Waals surface area contributed by atoms with E-state index in [1.807, 2.05) is 31.2 Å². The normalized spacial score (nSPS) is 20.6. The fourth-order valence-electron chi connectivity index (χ4n) is 4.34. The van der Waals surface area contributed by atoms with Crippen LogP contribution in [0, 0.1) is 0 Å². The summed E-state index contributed by atoms with van der Waals surface area (Å²) in [6, 6.07) is 13.1. The molecule has 9 nitrogen and oxygen atoms in total. The maximum absolute atomic E-state index is 13.1. The fraction of sp³-hybridized carbons (Fsp3) is 0.464. The van der Waals surface area contributed by atoms with Gasteiger partial charge in [0, 0.05) is 26.6 Å². The number of carbonyl (C=O) groups excluding carboxylic acids is 3. The zero-order chi connectivity index (χ0) is 26.6. The molecule has 3 amide bonds. The van der Waals surface area contributed by atoms with E-state index >= 15 is 0 Å². The fourth-order valence-corrected chi connectivity index (χ4v) is 4.34. The summed E-state index contributed by atoms with van der Waals surface area (Å²) >= 11 is 0. The number of aryl methyl sites for hydroxylation is 1. The Hall–Kier alpha value is -3.59. The molecule has 4 N–H and O–H groups in total. The number of aromatic hydroxyl groups is 1. The van der Waals surface area contributed by atoms with E-state index in [4.69, 9.17) is 4.74 Å². The van der Waals surface area contributed by atoms with Crippen LogP contribution in [0.1, 0.15) is 37.3 Å². The molecule has 0 bridgehead atoms. The van der Waals surface area contributed by atoms with Gasteiger partial charge in [-0.1, -0.05) is 43.7 Å². The summed E-state index contributed by atoms with van der Waals surface area (Å²) in [6.45, 7) is 3.18. The van der Waals surface area contributed by atoms with E-state index in [-0.39, 0.29) is 30.5 Å². The number of nitrogens with one attached hydrogen (secondary N) is 3. The lowest BCUT2D eigenvalue weighted by Gasteiger charge is -2.26. The first kappa shape index (κ1) is 28.0. The number of hydrogen-bond donors (Lipinski definition) is 4. The summed E-state index contributed by atoms with van der Waals surface area (Å²) in [7, 11) is 1.59. The molecule has 0 aliphatic carbocycles. The summed E-state index contributed by atoms with van der Waals surface area (Å²) in [5.41, 5.74) is 1.84. The molecule has 200 valence electrons. The summed E-state index contributed by atoms with van der Waals surface area (Å²) in [5, 5.41) is 18.6. The van der Waals surface area contributed by atoms with Gasteiger partial charge in [0.15, 0.2) is 0 Å². The molecule has 2 atom stereocenters. The maximum Gasteiger partial charge on any atom is 0.242 e. The molecule has 2 aromatic carbocycles. The number of phenolic OH excluding ortho intramolecular Hbond substituents is 1. The first-order valence-electron chi connectivity index (χ1n) is 12.9. The Balaban J connectivity index is 1.78. The van der Waals surface area contributed by atoms with Gasteiger partial charge in [-0.25, -0.2) is 0 Å². The number of fused-ring (bicyclic) bond motifs is 1. The summed E-state index contributed by atoms with van der Waals surface area (Å²) in [5.74, 6) is 0.0272. The third-order valence-corrected chi connectivity index (χ3v) is 6.31. The molecule has 1 heterocycles. The first-order chi connectivity index (χ1) is 17.9. The maximum atomic E-state index is 13.1. The lowest BCUT2D eigenvalue weighted by molar-refractivity contribution is -0.137.